The van der Waals surface area contributed by atoms with Gasteiger partial charge in [-0.2, -0.15) is 5.26 Å². The molecular weight excluding hydrogens is 308 g/mol. The molecule has 0 unspecified atom stereocenters. The Balaban J connectivity index is 2.77. The summed E-state index contributed by atoms with van der Waals surface area (Å²) in [6, 6.07) is 1.82. The minimum absolute atomic E-state index is 0.0239. The number of carbonyl (C=O) groups excluding carboxylic acids is 1. The number of hydrogen-bond donors (Lipinski definition) is 0. The third-order valence-electron chi connectivity index (χ3n) is 4.76. The third kappa shape index (κ3) is 5.45. The van der Waals surface area contributed by atoms with E-state index in [2.05, 4.69) is 46.5 Å². The van der Waals surface area contributed by atoms with Gasteiger partial charge in [0.15, 0.2) is 8.32 Å². The molecule has 2 atom stereocenters. The highest BCUT2D eigenvalue weighted by atomic mass is 28.4. The SMILES string of the molecule is C=CCOC(=O)[C@@H]1C[C@@H](O[Si](C)(C)C(C)(C)C)CN1CCC#N. The minimum Gasteiger partial charge on any atom is -0.460 e. The quantitative estimate of drug-likeness (QED) is 0.405. The van der Waals surface area contributed by atoms with E-state index < -0.39 is 8.32 Å². The number of nitrogens with zero attached hydrogens (tertiary/aromatic N) is 2. The molecule has 0 N–H and O–H groups in total. The average Bonchev–Trinajstić information content (AvgIpc) is 2.83. The Hall–Kier alpha value is -1.16. The Kier molecular flexibility index (Phi) is 6.99. The van der Waals surface area contributed by atoms with Crippen LogP contribution in [0.15, 0.2) is 12.7 Å². The first-order valence-electron chi connectivity index (χ1n) is 8.18. The molecule has 23 heavy (non-hydrogen) atoms. The molecule has 0 spiro atoms. The topological polar surface area (TPSA) is 62.6 Å². The van der Waals surface area contributed by atoms with Crippen LogP contribution in [-0.2, 0) is 14.0 Å². The molecule has 0 aromatic heterocycles. The molecule has 1 rings (SSSR count). The van der Waals surface area contributed by atoms with E-state index in [4.69, 9.17) is 14.4 Å². The maximum atomic E-state index is 12.2. The van der Waals surface area contributed by atoms with Crippen molar-refractivity contribution in [2.24, 2.45) is 0 Å². The highest BCUT2D eigenvalue weighted by molar-refractivity contribution is 6.74. The first-order valence-corrected chi connectivity index (χ1v) is 11.1. The summed E-state index contributed by atoms with van der Waals surface area (Å²) in [6.07, 6.45) is 2.62. The lowest BCUT2D eigenvalue weighted by Gasteiger charge is -2.38. The molecule has 0 radical (unpaired) electrons. The van der Waals surface area contributed by atoms with Crippen molar-refractivity contribution in [3.8, 4) is 6.07 Å². The molecule has 0 aromatic carbocycles. The summed E-state index contributed by atoms with van der Waals surface area (Å²) in [7, 11) is -1.88. The van der Waals surface area contributed by atoms with E-state index in [1.165, 1.54) is 0 Å². The fourth-order valence-electron chi connectivity index (χ4n) is 2.46. The summed E-state index contributed by atoms with van der Waals surface area (Å²) < 4.78 is 11.6. The summed E-state index contributed by atoms with van der Waals surface area (Å²) in [6.45, 7) is 16.1. The predicted octanol–water partition coefficient (Wildman–Crippen LogP) is 3.09. The van der Waals surface area contributed by atoms with Crippen molar-refractivity contribution >= 4 is 14.3 Å². The summed E-state index contributed by atoms with van der Waals surface area (Å²) in [5, 5.41) is 8.95. The fourth-order valence-corrected chi connectivity index (χ4v) is 3.82. The molecule has 0 aliphatic carbocycles. The van der Waals surface area contributed by atoms with Crippen LogP contribution in [0.5, 0.6) is 0 Å². The number of ether oxygens (including phenoxy) is 1. The molecule has 1 aliphatic heterocycles. The molecule has 6 heteroatoms. The maximum absolute atomic E-state index is 12.2. The van der Waals surface area contributed by atoms with Crippen LogP contribution in [0.25, 0.3) is 0 Å². The van der Waals surface area contributed by atoms with E-state index in [9.17, 15) is 4.79 Å². The Bertz CT molecular complexity index is 465. The zero-order chi connectivity index (χ0) is 17.7. The number of esters is 1. The standard InChI is InChI=1S/C17H30N2O3Si/c1-7-11-21-16(20)15-12-14(13-19(15)10-8-9-18)22-23(5,6)17(2,3)4/h7,14-15H,1,8,10-13H2,2-6H3/t14-,15+/m1/s1. The van der Waals surface area contributed by atoms with Gasteiger partial charge in [0.25, 0.3) is 0 Å². The Morgan fingerprint density at radius 3 is 2.65 bits per heavy atom. The zero-order valence-electron chi connectivity index (χ0n) is 15.1. The molecule has 5 nitrogen and oxygen atoms in total. The normalized spacial score (nSPS) is 22.6. The van der Waals surface area contributed by atoms with Crippen LogP contribution in [0.4, 0.5) is 0 Å². The van der Waals surface area contributed by atoms with Crippen LogP contribution in [0.3, 0.4) is 0 Å². The van der Waals surface area contributed by atoms with E-state index in [0.29, 0.717) is 25.9 Å². The minimum atomic E-state index is -1.88. The van der Waals surface area contributed by atoms with E-state index in [0.717, 1.165) is 0 Å². The van der Waals surface area contributed by atoms with Gasteiger partial charge in [0.2, 0.25) is 0 Å². The second-order valence-corrected chi connectivity index (χ2v) is 12.3. The lowest BCUT2D eigenvalue weighted by molar-refractivity contribution is -0.147. The van der Waals surface area contributed by atoms with Crippen molar-refractivity contribution in [1.29, 1.82) is 5.26 Å². The van der Waals surface area contributed by atoms with Gasteiger partial charge >= 0.3 is 5.97 Å². The van der Waals surface area contributed by atoms with Gasteiger partial charge in [-0.3, -0.25) is 9.69 Å². The Morgan fingerprint density at radius 1 is 1.48 bits per heavy atom. The number of hydrogen-bond acceptors (Lipinski definition) is 5. The lowest BCUT2D eigenvalue weighted by atomic mass is 10.2. The van der Waals surface area contributed by atoms with Gasteiger partial charge in [-0.15, -0.1) is 0 Å². The zero-order valence-corrected chi connectivity index (χ0v) is 16.1. The van der Waals surface area contributed by atoms with Crippen LogP contribution in [0.1, 0.15) is 33.6 Å². The monoisotopic (exact) mass is 338 g/mol. The van der Waals surface area contributed by atoms with Crippen molar-refractivity contribution < 1.29 is 14.0 Å². The molecule has 0 bridgehead atoms. The van der Waals surface area contributed by atoms with Crippen LogP contribution >= 0.6 is 0 Å². The van der Waals surface area contributed by atoms with Gasteiger partial charge in [-0.25, -0.2) is 0 Å². The number of likely N-dealkylation sites (tertiary alicyclic amines) is 1. The lowest BCUT2D eigenvalue weighted by Crippen LogP contribution is -2.44. The van der Waals surface area contributed by atoms with Crippen LogP contribution in [-0.4, -0.2) is 51.0 Å². The molecule has 1 heterocycles. The van der Waals surface area contributed by atoms with Crippen LogP contribution in [0.2, 0.25) is 18.1 Å². The van der Waals surface area contributed by atoms with Gasteiger partial charge in [0.1, 0.15) is 12.6 Å². The third-order valence-corrected chi connectivity index (χ3v) is 9.29. The van der Waals surface area contributed by atoms with Crippen molar-refractivity contribution in [2.75, 3.05) is 19.7 Å². The summed E-state index contributed by atoms with van der Waals surface area (Å²) in [4.78, 5) is 14.3. The number of carbonyl (C=O) groups is 1. The molecular formula is C17H30N2O3Si. The Labute approximate surface area is 141 Å². The summed E-state index contributed by atoms with van der Waals surface area (Å²) in [5.41, 5.74) is 0. The summed E-state index contributed by atoms with van der Waals surface area (Å²) >= 11 is 0. The van der Waals surface area contributed by atoms with E-state index in [1.807, 2.05) is 4.90 Å². The van der Waals surface area contributed by atoms with Gasteiger partial charge in [-0.1, -0.05) is 33.4 Å². The van der Waals surface area contributed by atoms with Crippen molar-refractivity contribution in [3.63, 3.8) is 0 Å². The van der Waals surface area contributed by atoms with E-state index in [1.54, 1.807) is 6.08 Å². The van der Waals surface area contributed by atoms with Crippen LogP contribution < -0.4 is 0 Å². The first-order chi connectivity index (χ1) is 10.6. The van der Waals surface area contributed by atoms with Gasteiger partial charge in [0.05, 0.1) is 12.2 Å². The van der Waals surface area contributed by atoms with Crippen molar-refractivity contribution in [1.82, 2.24) is 4.90 Å². The second kappa shape index (κ2) is 8.09. The highest BCUT2D eigenvalue weighted by Gasteiger charge is 2.44. The van der Waals surface area contributed by atoms with Gasteiger partial charge in [-0.05, 0) is 24.6 Å². The predicted molar refractivity (Wildman–Crippen MR) is 93.4 cm³/mol. The number of rotatable bonds is 7. The van der Waals surface area contributed by atoms with Crippen molar-refractivity contribution in [3.05, 3.63) is 12.7 Å². The molecule has 130 valence electrons. The average molecular weight is 339 g/mol. The smallest absolute Gasteiger partial charge is 0.323 e. The molecule has 0 saturated carbocycles. The first kappa shape index (κ1) is 19.9. The number of nitriles is 1. The van der Waals surface area contributed by atoms with Crippen LogP contribution in [0, 0.1) is 11.3 Å². The molecule has 1 aliphatic rings. The maximum Gasteiger partial charge on any atom is 0.323 e. The molecule has 1 saturated heterocycles. The van der Waals surface area contributed by atoms with E-state index >= 15 is 0 Å². The molecule has 1 fully saturated rings. The molecule has 0 amide bonds. The fraction of sp³-hybridized carbons (Fsp3) is 0.765. The Morgan fingerprint density at radius 2 is 2.13 bits per heavy atom. The molecule has 0 aromatic rings. The highest BCUT2D eigenvalue weighted by Crippen LogP contribution is 2.39. The van der Waals surface area contributed by atoms with Crippen molar-refractivity contribution in [2.45, 2.75) is 63.9 Å². The van der Waals surface area contributed by atoms with Gasteiger partial charge < -0.3 is 9.16 Å². The van der Waals surface area contributed by atoms with Gasteiger partial charge in [0, 0.05) is 19.5 Å². The largest absolute Gasteiger partial charge is 0.460 e. The second-order valence-electron chi connectivity index (χ2n) is 7.57. The summed E-state index contributed by atoms with van der Waals surface area (Å²) in [5.74, 6) is -0.246. The van der Waals surface area contributed by atoms with E-state index in [-0.39, 0.29) is 29.8 Å².